The predicted octanol–water partition coefficient (Wildman–Crippen LogP) is 1.79. The number of nitrogens with zero attached hydrogens (tertiary/aromatic N) is 1. The van der Waals surface area contributed by atoms with E-state index in [-0.39, 0.29) is 17.0 Å². The molecule has 19 heavy (non-hydrogen) atoms. The first kappa shape index (κ1) is 11.9. The summed E-state index contributed by atoms with van der Waals surface area (Å²) in [6.45, 7) is 2.05. The first-order chi connectivity index (χ1) is 9.08. The van der Waals surface area contributed by atoms with Crippen molar-refractivity contribution in [2.75, 3.05) is 0 Å². The van der Waals surface area contributed by atoms with Crippen molar-refractivity contribution in [1.29, 1.82) is 0 Å². The minimum atomic E-state index is -0.568. The highest BCUT2D eigenvalue weighted by atomic mass is 16.7. The van der Waals surface area contributed by atoms with Gasteiger partial charge in [-0.1, -0.05) is 24.1 Å². The summed E-state index contributed by atoms with van der Waals surface area (Å²) in [6, 6.07) is 6.44. The molecule has 2 aliphatic rings. The molecule has 2 amide bonds. The molecule has 1 aliphatic carbocycles. The lowest BCUT2D eigenvalue weighted by Crippen LogP contribution is -2.38. The van der Waals surface area contributed by atoms with Crippen LogP contribution in [0.3, 0.4) is 0 Å². The highest BCUT2D eigenvalue weighted by Gasteiger charge is 2.41. The SMILES string of the molecule is CC1CC(C(=O)ON2C(=O)c3ccccc3C2=O)C1. The molecule has 0 saturated heterocycles. The average Bonchev–Trinajstić information content (AvgIpc) is 2.61. The van der Waals surface area contributed by atoms with Gasteiger partial charge in [0.05, 0.1) is 17.0 Å². The van der Waals surface area contributed by atoms with Gasteiger partial charge in [0.1, 0.15) is 0 Å². The first-order valence-electron chi connectivity index (χ1n) is 6.27. The Morgan fingerprint density at radius 3 is 2.16 bits per heavy atom. The third kappa shape index (κ3) is 1.82. The zero-order valence-electron chi connectivity index (χ0n) is 10.5. The number of amides is 2. The number of benzene rings is 1. The summed E-state index contributed by atoms with van der Waals surface area (Å²) in [5.41, 5.74) is 0.560. The number of fused-ring (bicyclic) bond motifs is 1. The van der Waals surface area contributed by atoms with Gasteiger partial charge in [-0.2, -0.15) is 0 Å². The van der Waals surface area contributed by atoms with Crippen LogP contribution in [0.5, 0.6) is 0 Å². The fourth-order valence-electron chi connectivity index (χ4n) is 2.51. The maximum atomic E-state index is 12.0. The van der Waals surface area contributed by atoms with Crippen LogP contribution >= 0.6 is 0 Å². The predicted molar refractivity (Wildman–Crippen MR) is 64.9 cm³/mol. The molecule has 0 radical (unpaired) electrons. The quantitative estimate of drug-likeness (QED) is 0.759. The molecular formula is C14H13NO4. The molecule has 1 aromatic rings. The van der Waals surface area contributed by atoms with Crippen LogP contribution in [0.25, 0.3) is 0 Å². The van der Waals surface area contributed by atoms with Crippen molar-refractivity contribution in [3.05, 3.63) is 35.4 Å². The Labute approximate surface area is 110 Å². The van der Waals surface area contributed by atoms with Gasteiger partial charge in [0, 0.05) is 0 Å². The smallest absolute Gasteiger partial charge is 0.329 e. The Hall–Kier alpha value is -2.17. The van der Waals surface area contributed by atoms with Gasteiger partial charge in [-0.3, -0.25) is 9.59 Å². The molecule has 0 unspecified atom stereocenters. The monoisotopic (exact) mass is 259 g/mol. The van der Waals surface area contributed by atoms with Gasteiger partial charge in [0.25, 0.3) is 11.8 Å². The van der Waals surface area contributed by atoms with E-state index < -0.39 is 17.8 Å². The van der Waals surface area contributed by atoms with Gasteiger partial charge >= 0.3 is 5.97 Å². The molecule has 1 fully saturated rings. The van der Waals surface area contributed by atoms with Crippen LogP contribution in [0.1, 0.15) is 40.5 Å². The molecule has 0 aromatic heterocycles. The van der Waals surface area contributed by atoms with E-state index in [1.54, 1.807) is 24.3 Å². The molecular weight excluding hydrogens is 246 g/mol. The first-order valence-corrected chi connectivity index (χ1v) is 6.27. The van der Waals surface area contributed by atoms with Gasteiger partial charge in [0.2, 0.25) is 0 Å². The van der Waals surface area contributed by atoms with Crippen molar-refractivity contribution in [2.24, 2.45) is 11.8 Å². The van der Waals surface area contributed by atoms with E-state index in [4.69, 9.17) is 4.84 Å². The van der Waals surface area contributed by atoms with Gasteiger partial charge in [-0.25, -0.2) is 4.79 Å². The number of imide groups is 1. The largest absolute Gasteiger partial charge is 0.336 e. The summed E-state index contributed by atoms with van der Waals surface area (Å²) in [4.78, 5) is 40.7. The number of carbonyl (C=O) groups excluding carboxylic acids is 3. The molecule has 3 rings (SSSR count). The summed E-state index contributed by atoms with van der Waals surface area (Å²) >= 11 is 0. The van der Waals surface area contributed by atoms with Crippen molar-refractivity contribution in [3.8, 4) is 0 Å². The maximum absolute atomic E-state index is 12.0. The van der Waals surface area contributed by atoms with Crippen LogP contribution in [-0.2, 0) is 9.63 Å². The molecule has 5 nitrogen and oxygen atoms in total. The molecule has 0 bridgehead atoms. The van der Waals surface area contributed by atoms with E-state index in [0.29, 0.717) is 11.0 Å². The lowest BCUT2D eigenvalue weighted by atomic mass is 9.76. The minimum absolute atomic E-state index is 0.195. The van der Waals surface area contributed by atoms with E-state index in [2.05, 4.69) is 0 Å². The standard InChI is InChI=1S/C14H13NO4/c1-8-6-9(7-8)14(18)19-15-12(16)10-4-2-3-5-11(10)13(15)17/h2-5,8-9H,6-7H2,1H3. The summed E-state index contributed by atoms with van der Waals surface area (Å²) in [7, 11) is 0. The number of rotatable bonds is 2. The highest BCUT2D eigenvalue weighted by Crippen LogP contribution is 2.34. The molecule has 1 heterocycles. The Kier molecular flexibility index (Phi) is 2.62. The van der Waals surface area contributed by atoms with Crippen LogP contribution in [-0.4, -0.2) is 22.8 Å². The lowest BCUT2D eigenvalue weighted by Gasteiger charge is -2.30. The highest BCUT2D eigenvalue weighted by molar-refractivity contribution is 6.20. The fourth-order valence-corrected chi connectivity index (χ4v) is 2.51. The second kappa shape index (κ2) is 4.19. The zero-order chi connectivity index (χ0) is 13.6. The Bertz CT molecular complexity index is 540. The molecule has 0 N–H and O–H groups in total. The van der Waals surface area contributed by atoms with E-state index in [1.807, 2.05) is 6.92 Å². The van der Waals surface area contributed by atoms with Crippen molar-refractivity contribution in [3.63, 3.8) is 0 Å². The molecule has 5 heteroatoms. The van der Waals surface area contributed by atoms with Gasteiger partial charge < -0.3 is 4.84 Å². The minimum Gasteiger partial charge on any atom is -0.329 e. The lowest BCUT2D eigenvalue weighted by molar-refractivity contribution is -0.178. The second-order valence-corrected chi connectivity index (χ2v) is 5.13. The number of hydrogen-bond acceptors (Lipinski definition) is 4. The molecule has 1 aromatic carbocycles. The van der Waals surface area contributed by atoms with Crippen LogP contribution in [0.15, 0.2) is 24.3 Å². The normalized spacial score (nSPS) is 25.0. The molecule has 0 atom stereocenters. The van der Waals surface area contributed by atoms with E-state index in [9.17, 15) is 14.4 Å². The summed E-state index contributed by atoms with van der Waals surface area (Å²) in [5.74, 6) is -1.32. The second-order valence-electron chi connectivity index (χ2n) is 5.13. The number of hydrogen-bond donors (Lipinski definition) is 0. The topological polar surface area (TPSA) is 63.7 Å². The molecule has 98 valence electrons. The number of hydroxylamine groups is 2. The third-order valence-corrected chi connectivity index (χ3v) is 3.65. The molecule has 1 aliphatic heterocycles. The van der Waals surface area contributed by atoms with Crippen LogP contribution in [0, 0.1) is 11.8 Å². The molecule has 0 spiro atoms. The van der Waals surface area contributed by atoms with E-state index in [1.165, 1.54) is 0 Å². The van der Waals surface area contributed by atoms with Gasteiger partial charge in [0.15, 0.2) is 0 Å². The third-order valence-electron chi connectivity index (χ3n) is 3.65. The number of carbonyl (C=O) groups is 3. The van der Waals surface area contributed by atoms with Gasteiger partial charge in [-0.05, 0) is 30.9 Å². The van der Waals surface area contributed by atoms with Crippen LogP contribution in [0.2, 0.25) is 0 Å². The Morgan fingerprint density at radius 2 is 1.68 bits per heavy atom. The van der Waals surface area contributed by atoms with Crippen molar-refractivity contribution < 1.29 is 19.2 Å². The van der Waals surface area contributed by atoms with E-state index in [0.717, 1.165) is 12.8 Å². The van der Waals surface area contributed by atoms with Crippen LogP contribution < -0.4 is 0 Å². The molecule has 1 saturated carbocycles. The van der Waals surface area contributed by atoms with Gasteiger partial charge in [-0.15, -0.1) is 0 Å². The van der Waals surface area contributed by atoms with Crippen LogP contribution in [0.4, 0.5) is 0 Å². The maximum Gasteiger partial charge on any atom is 0.336 e. The fraction of sp³-hybridized carbons (Fsp3) is 0.357. The van der Waals surface area contributed by atoms with Crippen molar-refractivity contribution >= 4 is 17.8 Å². The van der Waals surface area contributed by atoms with Crippen molar-refractivity contribution in [2.45, 2.75) is 19.8 Å². The van der Waals surface area contributed by atoms with E-state index >= 15 is 0 Å². The average molecular weight is 259 g/mol. The Balaban J connectivity index is 1.75. The Morgan fingerprint density at radius 1 is 1.16 bits per heavy atom. The van der Waals surface area contributed by atoms with Crippen molar-refractivity contribution in [1.82, 2.24) is 5.06 Å². The zero-order valence-corrected chi connectivity index (χ0v) is 10.5. The summed E-state index contributed by atoms with van der Waals surface area (Å²) < 4.78 is 0. The summed E-state index contributed by atoms with van der Waals surface area (Å²) in [5, 5.41) is 0.579. The summed E-state index contributed by atoms with van der Waals surface area (Å²) in [6.07, 6.45) is 1.50.